The summed E-state index contributed by atoms with van der Waals surface area (Å²) in [5.74, 6) is 2.23. The highest BCUT2D eigenvalue weighted by atomic mass is 35.5. The van der Waals surface area contributed by atoms with Crippen LogP contribution in [0.25, 0.3) is 11.0 Å². The van der Waals surface area contributed by atoms with Crippen molar-refractivity contribution in [2.75, 3.05) is 13.1 Å². The van der Waals surface area contributed by atoms with Gasteiger partial charge in [0.2, 0.25) is 0 Å². The monoisotopic (exact) mass is 451 g/mol. The molecule has 1 saturated heterocycles. The number of hydrogen-bond donors (Lipinski definition) is 2. The highest BCUT2D eigenvalue weighted by Crippen LogP contribution is 2.34. The Hall–Kier alpha value is -1.46. The Labute approximate surface area is 185 Å². The molecule has 29 heavy (non-hydrogen) atoms. The number of hydrogen-bond acceptors (Lipinski definition) is 3. The van der Waals surface area contributed by atoms with Crippen LogP contribution >= 0.6 is 34.8 Å². The lowest BCUT2D eigenvalue weighted by Crippen LogP contribution is -2.29. The maximum absolute atomic E-state index is 6.55. The largest absolute Gasteiger partial charge is 0.486 e. The van der Waals surface area contributed by atoms with Gasteiger partial charge in [-0.05, 0) is 81.4 Å². The maximum atomic E-state index is 6.55. The number of piperidine rings is 1. The number of aryl methyl sites for hydroxylation is 1. The number of H-pyrrole nitrogens is 1. The summed E-state index contributed by atoms with van der Waals surface area (Å²) in [5.41, 5.74) is 2.80. The molecule has 2 heterocycles. The van der Waals surface area contributed by atoms with Crippen molar-refractivity contribution in [1.29, 1.82) is 0 Å². The molecule has 0 radical (unpaired) electrons. The lowest BCUT2D eigenvalue weighted by Gasteiger charge is -2.22. The first-order valence-corrected chi connectivity index (χ1v) is 11.2. The third-order valence-corrected chi connectivity index (χ3v) is 6.52. The Bertz CT molecular complexity index is 966. The summed E-state index contributed by atoms with van der Waals surface area (Å²) < 4.78 is 5.81. The predicted molar refractivity (Wildman–Crippen MR) is 120 cm³/mol. The number of halogens is 3. The minimum Gasteiger partial charge on any atom is -0.486 e. The van der Waals surface area contributed by atoms with Gasteiger partial charge in [-0.15, -0.1) is 0 Å². The highest BCUT2D eigenvalue weighted by molar-refractivity contribution is 6.43. The van der Waals surface area contributed by atoms with Crippen LogP contribution in [0.1, 0.15) is 37.1 Å². The van der Waals surface area contributed by atoms with Gasteiger partial charge in [0.15, 0.2) is 0 Å². The van der Waals surface area contributed by atoms with Crippen LogP contribution in [0.3, 0.4) is 0 Å². The van der Waals surface area contributed by atoms with E-state index in [2.05, 4.69) is 10.3 Å². The minimum absolute atomic E-state index is 0.332. The van der Waals surface area contributed by atoms with E-state index < -0.39 is 0 Å². The second-order valence-corrected chi connectivity index (χ2v) is 8.80. The Morgan fingerprint density at radius 3 is 2.72 bits per heavy atom. The van der Waals surface area contributed by atoms with E-state index in [9.17, 15) is 0 Å². The molecule has 0 spiro atoms. The summed E-state index contributed by atoms with van der Waals surface area (Å²) in [7, 11) is 0. The molecule has 3 aromatic rings. The van der Waals surface area contributed by atoms with Gasteiger partial charge in [0, 0.05) is 10.6 Å². The lowest BCUT2D eigenvalue weighted by molar-refractivity contribution is 0.297. The van der Waals surface area contributed by atoms with Gasteiger partial charge in [0.1, 0.15) is 18.2 Å². The number of nitrogens with zero attached hydrogens (tertiary/aromatic N) is 1. The second-order valence-electron chi connectivity index (χ2n) is 7.58. The van der Waals surface area contributed by atoms with Gasteiger partial charge >= 0.3 is 0 Å². The van der Waals surface area contributed by atoms with Crippen LogP contribution in [0.5, 0.6) is 5.75 Å². The molecule has 0 saturated carbocycles. The van der Waals surface area contributed by atoms with E-state index in [0.717, 1.165) is 60.0 Å². The Morgan fingerprint density at radius 1 is 1.14 bits per heavy atom. The molecular formula is C22H24Cl3N3O. The van der Waals surface area contributed by atoms with Crippen LogP contribution in [0, 0.1) is 5.92 Å². The second kappa shape index (κ2) is 9.57. The normalized spacial score (nSPS) is 17.0. The van der Waals surface area contributed by atoms with Gasteiger partial charge in [0.25, 0.3) is 0 Å². The average Bonchev–Trinajstić information content (AvgIpc) is 3.13. The number of fused-ring (bicyclic) bond motifs is 1. The van der Waals surface area contributed by atoms with Crippen LogP contribution in [-0.2, 0) is 13.0 Å². The van der Waals surface area contributed by atoms with Crippen molar-refractivity contribution in [2.45, 2.75) is 38.7 Å². The van der Waals surface area contributed by atoms with Crippen molar-refractivity contribution in [2.24, 2.45) is 5.92 Å². The van der Waals surface area contributed by atoms with Crippen molar-refractivity contribution in [3.63, 3.8) is 0 Å². The van der Waals surface area contributed by atoms with Gasteiger partial charge < -0.3 is 15.0 Å². The molecular weight excluding hydrogens is 429 g/mol. The molecule has 1 atom stereocenters. The quantitative estimate of drug-likeness (QED) is 0.434. The zero-order valence-corrected chi connectivity index (χ0v) is 18.4. The maximum Gasteiger partial charge on any atom is 0.146 e. The first-order chi connectivity index (χ1) is 14.1. The van der Waals surface area contributed by atoms with Crippen LogP contribution in [0.2, 0.25) is 15.1 Å². The average molecular weight is 453 g/mol. The van der Waals surface area contributed by atoms with E-state index in [1.54, 1.807) is 12.1 Å². The molecule has 0 aliphatic carbocycles. The van der Waals surface area contributed by atoms with Crippen LogP contribution in [-0.4, -0.2) is 23.1 Å². The van der Waals surface area contributed by atoms with E-state index in [1.165, 1.54) is 19.3 Å². The Morgan fingerprint density at radius 2 is 1.97 bits per heavy atom. The first-order valence-electron chi connectivity index (χ1n) is 10.0. The number of rotatable bonds is 7. The van der Waals surface area contributed by atoms with Crippen molar-refractivity contribution >= 4 is 45.8 Å². The summed E-state index contributed by atoms with van der Waals surface area (Å²) >= 11 is 18.9. The van der Waals surface area contributed by atoms with E-state index in [0.29, 0.717) is 21.7 Å². The zero-order valence-electron chi connectivity index (χ0n) is 16.1. The molecule has 4 rings (SSSR count). The van der Waals surface area contributed by atoms with Gasteiger partial charge in [-0.1, -0.05) is 34.8 Å². The highest BCUT2D eigenvalue weighted by Gasteiger charge is 2.17. The molecule has 1 aromatic heterocycles. The SMILES string of the molecule is Clc1ccc(OCc2nc3c(CCCC4CCCNC4)c(Cl)c(Cl)cc3[nH]2)cc1. The van der Waals surface area contributed by atoms with Crippen molar-refractivity contribution in [3.05, 3.63) is 56.8 Å². The Balaban J connectivity index is 1.47. The van der Waals surface area contributed by atoms with E-state index in [-0.39, 0.29) is 0 Å². The molecule has 1 fully saturated rings. The molecule has 7 heteroatoms. The van der Waals surface area contributed by atoms with Crippen molar-refractivity contribution < 1.29 is 4.74 Å². The van der Waals surface area contributed by atoms with Gasteiger partial charge in [-0.3, -0.25) is 0 Å². The van der Waals surface area contributed by atoms with E-state index in [4.69, 9.17) is 44.5 Å². The molecule has 2 aromatic carbocycles. The third-order valence-electron chi connectivity index (χ3n) is 5.44. The number of ether oxygens (including phenoxy) is 1. The van der Waals surface area contributed by atoms with E-state index in [1.807, 2.05) is 18.2 Å². The summed E-state index contributed by atoms with van der Waals surface area (Å²) in [6, 6.07) is 9.12. The van der Waals surface area contributed by atoms with E-state index >= 15 is 0 Å². The standard InChI is InChI=1S/C22H24Cl3N3O/c23-15-6-8-16(9-7-15)29-13-20-27-19-11-18(24)21(25)17(22(19)28-20)5-1-3-14-4-2-10-26-12-14/h6-9,11,14,26H,1-5,10,12-13H2,(H,27,28). The summed E-state index contributed by atoms with van der Waals surface area (Å²) in [6.07, 6.45) is 5.71. The fourth-order valence-electron chi connectivity index (χ4n) is 3.93. The summed E-state index contributed by atoms with van der Waals surface area (Å²) in [4.78, 5) is 8.06. The minimum atomic E-state index is 0.332. The number of imidazole rings is 1. The number of aromatic amines is 1. The number of nitrogens with one attached hydrogen (secondary N) is 2. The van der Waals surface area contributed by atoms with Crippen LogP contribution in [0.15, 0.2) is 30.3 Å². The molecule has 4 nitrogen and oxygen atoms in total. The summed E-state index contributed by atoms with van der Waals surface area (Å²) in [6.45, 7) is 2.59. The molecule has 154 valence electrons. The molecule has 1 unspecified atom stereocenters. The van der Waals surface area contributed by atoms with Crippen molar-refractivity contribution in [1.82, 2.24) is 15.3 Å². The Kier molecular flexibility index (Phi) is 6.86. The summed E-state index contributed by atoms with van der Waals surface area (Å²) in [5, 5.41) is 5.33. The molecule has 0 amide bonds. The predicted octanol–water partition coefficient (Wildman–Crippen LogP) is 6.42. The number of aromatic nitrogens is 2. The van der Waals surface area contributed by atoms with Crippen molar-refractivity contribution in [3.8, 4) is 5.75 Å². The molecule has 1 aliphatic heterocycles. The smallest absolute Gasteiger partial charge is 0.146 e. The third kappa shape index (κ3) is 5.18. The van der Waals surface area contributed by atoms with Gasteiger partial charge in [-0.25, -0.2) is 4.98 Å². The molecule has 1 aliphatic rings. The first kappa shape index (κ1) is 20.8. The van der Waals surface area contributed by atoms with Gasteiger partial charge in [0.05, 0.1) is 21.1 Å². The molecule has 2 N–H and O–H groups in total. The molecule has 0 bridgehead atoms. The van der Waals surface area contributed by atoms with Gasteiger partial charge in [-0.2, -0.15) is 0 Å². The fourth-order valence-corrected chi connectivity index (χ4v) is 4.52. The fraction of sp³-hybridized carbons (Fsp3) is 0.409. The van der Waals surface area contributed by atoms with Crippen LogP contribution < -0.4 is 10.1 Å². The zero-order chi connectivity index (χ0) is 20.2. The lowest BCUT2D eigenvalue weighted by atomic mass is 9.93. The topological polar surface area (TPSA) is 49.9 Å². The van der Waals surface area contributed by atoms with Crippen LogP contribution in [0.4, 0.5) is 0 Å². The number of benzene rings is 2.